The van der Waals surface area contributed by atoms with Crippen molar-refractivity contribution in [2.45, 2.75) is 0 Å². The highest BCUT2D eigenvalue weighted by Gasteiger charge is 2.38. The van der Waals surface area contributed by atoms with Crippen molar-refractivity contribution in [2.24, 2.45) is 0 Å². The molecule has 0 radical (unpaired) electrons. The number of hydrogen-bond donors (Lipinski definition) is 0. The normalized spacial score (nSPS) is 32.6. The van der Waals surface area contributed by atoms with Crippen molar-refractivity contribution in [3.05, 3.63) is 42.5 Å². The minimum atomic E-state index is 1.01. The fourth-order valence-electron chi connectivity index (χ4n) is 2.91. The minimum absolute atomic E-state index is 1.01. The molecule has 0 unspecified atom stereocenters. The lowest BCUT2D eigenvalue weighted by Gasteiger charge is -2.54. The topological polar surface area (TPSA) is 3.24 Å². The van der Waals surface area contributed by atoms with Crippen LogP contribution in [0.15, 0.2) is 30.3 Å². The van der Waals surface area contributed by atoms with Crippen LogP contribution < -0.4 is 0 Å². The fraction of sp³-hybridized carbons (Fsp3) is 0.429. The predicted octanol–water partition coefficient (Wildman–Crippen LogP) is 1.61. The summed E-state index contributed by atoms with van der Waals surface area (Å²) in [6.45, 7) is 13.6. The lowest BCUT2D eigenvalue weighted by molar-refractivity contribution is -0.875. The Labute approximate surface area is 97.4 Å². The molecule has 0 saturated carbocycles. The van der Waals surface area contributed by atoms with Crippen LogP contribution >= 0.6 is 0 Å². The highest BCUT2D eigenvalue weighted by Crippen LogP contribution is 2.30. The molecule has 0 aromatic heterocycles. The van der Waals surface area contributed by atoms with E-state index in [0.29, 0.717) is 0 Å². The van der Waals surface area contributed by atoms with Gasteiger partial charge in [-0.1, -0.05) is 18.2 Å². The fourth-order valence-corrected chi connectivity index (χ4v) is 2.91. The lowest BCUT2D eigenvalue weighted by atomic mass is 10.0. The zero-order chi connectivity index (χ0) is 11.0. The molecule has 3 saturated heterocycles. The van der Waals surface area contributed by atoms with Gasteiger partial charge in [-0.2, -0.15) is 0 Å². The molecule has 1 aromatic rings. The zero-order valence-corrected chi connectivity index (χ0v) is 9.60. The third-order valence-corrected chi connectivity index (χ3v) is 4.11. The van der Waals surface area contributed by atoms with Gasteiger partial charge in [-0.15, -0.1) is 17.7 Å². The number of quaternary nitrogens is 1. The van der Waals surface area contributed by atoms with Gasteiger partial charge in [0.2, 0.25) is 0 Å². The van der Waals surface area contributed by atoms with E-state index in [1.165, 1.54) is 44.8 Å². The summed E-state index contributed by atoms with van der Waals surface area (Å²) in [7, 11) is 0. The molecule has 0 atom stereocenters. The summed E-state index contributed by atoms with van der Waals surface area (Å²) in [5.74, 6) is 0. The summed E-state index contributed by atoms with van der Waals surface area (Å²) in [6, 6.07) is 10.4. The molecule has 0 aliphatic carbocycles. The molecule has 1 aromatic carbocycles. The van der Waals surface area contributed by atoms with Gasteiger partial charge in [0.15, 0.2) is 0 Å². The Morgan fingerprint density at radius 1 is 1.00 bits per heavy atom. The number of rotatable bonds is 2. The first kappa shape index (κ1) is 10.1. The molecular formula is C14H18N2. The first-order valence-electron chi connectivity index (χ1n) is 6.07. The Hall–Kier alpha value is -1.12. The second kappa shape index (κ2) is 3.72. The van der Waals surface area contributed by atoms with E-state index in [1.807, 2.05) is 6.07 Å². The molecule has 0 N–H and O–H groups in total. The van der Waals surface area contributed by atoms with Crippen LogP contribution in [0.1, 0.15) is 5.56 Å². The standard InChI is InChI=1S/C14H18N2/c1-13(14-5-3-2-4-6-14)16-10-7-15(8-11-16)9-12-16/h1-6H,7-12H2. The van der Waals surface area contributed by atoms with E-state index >= 15 is 0 Å². The van der Waals surface area contributed by atoms with Crippen LogP contribution in [0.4, 0.5) is 0 Å². The quantitative estimate of drug-likeness (QED) is 0.534. The molecule has 3 heterocycles. The van der Waals surface area contributed by atoms with Crippen LogP contribution in [-0.4, -0.2) is 48.7 Å². The van der Waals surface area contributed by atoms with Gasteiger partial charge >= 0.3 is 0 Å². The van der Waals surface area contributed by atoms with Gasteiger partial charge in [0.1, 0.15) is 0 Å². The highest BCUT2D eigenvalue weighted by molar-refractivity contribution is 5.55. The van der Waals surface area contributed by atoms with Crippen LogP contribution in [0.25, 0.3) is 5.70 Å². The van der Waals surface area contributed by atoms with Crippen LogP contribution in [0.2, 0.25) is 0 Å². The van der Waals surface area contributed by atoms with Gasteiger partial charge in [0.25, 0.3) is 0 Å². The van der Waals surface area contributed by atoms with Crippen molar-refractivity contribution >= 4 is 5.70 Å². The molecule has 4 rings (SSSR count). The van der Waals surface area contributed by atoms with Gasteiger partial charge in [0, 0.05) is 19.6 Å². The van der Waals surface area contributed by atoms with Crippen LogP contribution in [0.3, 0.4) is 0 Å². The van der Waals surface area contributed by atoms with Crippen molar-refractivity contribution in [3.8, 4) is 0 Å². The third kappa shape index (κ3) is 1.49. The largest absolute Gasteiger partial charge is 0.319 e. The van der Waals surface area contributed by atoms with E-state index in [0.717, 1.165) is 10.2 Å². The molecule has 3 aliphatic heterocycles. The summed E-state index contributed by atoms with van der Waals surface area (Å²) < 4.78 is 1.01. The van der Waals surface area contributed by atoms with Gasteiger partial charge in [-0.05, 0) is 5.70 Å². The van der Waals surface area contributed by atoms with Crippen LogP contribution in [0, 0.1) is 6.58 Å². The molecule has 0 amide bonds. The van der Waals surface area contributed by atoms with Crippen molar-refractivity contribution in [1.82, 2.24) is 4.90 Å². The maximum atomic E-state index is 6.41. The first-order chi connectivity index (χ1) is 7.80. The van der Waals surface area contributed by atoms with Crippen molar-refractivity contribution in [3.63, 3.8) is 0 Å². The predicted molar refractivity (Wildman–Crippen MR) is 65.5 cm³/mol. The van der Waals surface area contributed by atoms with E-state index in [-0.39, 0.29) is 0 Å². The Bertz CT molecular complexity index is 375. The summed E-state index contributed by atoms with van der Waals surface area (Å²) in [4.78, 5) is 2.54. The maximum absolute atomic E-state index is 6.41. The van der Waals surface area contributed by atoms with Gasteiger partial charge < -0.3 is 4.48 Å². The average molecular weight is 214 g/mol. The molecule has 3 fully saturated rings. The number of benzene rings is 1. The van der Waals surface area contributed by atoms with E-state index in [1.54, 1.807) is 0 Å². The summed E-state index contributed by atoms with van der Waals surface area (Å²) in [5, 5.41) is 0. The number of nitrogens with zero attached hydrogens (tertiary/aromatic N) is 2. The van der Waals surface area contributed by atoms with Crippen molar-refractivity contribution in [1.29, 1.82) is 0 Å². The Morgan fingerprint density at radius 2 is 1.56 bits per heavy atom. The average Bonchev–Trinajstić information content (AvgIpc) is 2.41. The smallest absolute Gasteiger partial charge is 0.0939 e. The molecule has 2 heteroatoms. The van der Waals surface area contributed by atoms with E-state index in [4.69, 9.17) is 6.58 Å². The molecule has 2 bridgehead atoms. The third-order valence-electron chi connectivity index (χ3n) is 4.11. The number of fused-ring (bicyclic) bond motifs is 3. The summed E-state index contributed by atoms with van der Waals surface area (Å²) >= 11 is 0. The SMILES string of the molecule is [CH-]=C(c1ccccc1)[N+]12CCN(CC1)CC2. The molecule has 3 aliphatic rings. The molecular weight excluding hydrogens is 196 g/mol. The summed E-state index contributed by atoms with van der Waals surface area (Å²) in [6.07, 6.45) is 0. The minimum Gasteiger partial charge on any atom is -0.319 e. The van der Waals surface area contributed by atoms with E-state index in [9.17, 15) is 0 Å². The Balaban J connectivity index is 1.89. The number of hydrogen-bond acceptors (Lipinski definition) is 1. The lowest BCUT2D eigenvalue weighted by Crippen LogP contribution is -2.65. The summed E-state index contributed by atoms with van der Waals surface area (Å²) in [5.41, 5.74) is 2.28. The molecule has 2 nitrogen and oxygen atoms in total. The van der Waals surface area contributed by atoms with Crippen molar-refractivity contribution < 1.29 is 4.48 Å². The van der Waals surface area contributed by atoms with E-state index in [2.05, 4.69) is 29.2 Å². The zero-order valence-electron chi connectivity index (χ0n) is 9.60. The molecule has 84 valence electrons. The molecule has 0 spiro atoms. The number of piperazine rings is 3. The Morgan fingerprint density at radius 3 is 2.12 bits per heavy atom. The molecule has 16 heavy (non-hydrogen) atoms. The van der Waals surface area contributed by atoms with Gasteiger partial charge in [-0.25, -0.2) is 6.58 Å². The second-order valence-electron chi connectivity index (χ2n) is 4.91. The van der Waals surface area contributed by atoms with Crippen molar-refractivity contribution in [2.75, 3.05) is 39.3 Å². The van der Waals surface area contributed by atoms with Gasteiger partial charge in [0.05, 0.1) is 19.6 Å². The second-order valence-corrected chi connectivity index (χ2v) is 4.91. The monoisotopic (exact) mass is 214 g/mol. The van der Waals surface area contributed by atoms with Crippen LogP contribution in [-0.2, 0) is 0 Å². The first-order valence-corrected chi connectivity index (χ1v) is 6.07. The van der Waals surface area contributed by atoms with Crippen LogP contribution in [0.5, 0.6) is 0 Å². The van der Waals surface area contributed by atoms with E-state index < -0.39 is 0 Å². The Kier molecular flexibility index (Phi) is 2.34. The maximum Gasteiger partial charge on any atom is 0.0939 e. The highest BCUT2D eigenvalue weighted by atomic mass is 15.5. The van der Waals surface area contributed by atoms with Gasteiger partial charge in [-0.3, -0.25) is 4.90 Å².